The Morgan fingerprint density at radius 3 is 1.60 bits per heavy atom. The topological polar surface area (TPSA) is 208 Å². The lowest BCUT2D eigenvalue weighted by atomic mass is 9.75. The van der Waals surface area contributed by atoms with Crippen LogP contribution in [0, 0.1) is 0 Å². The zero-order valence-corrected chi connectivity index (χ0v) is 30.3. The molecule has 280 valence electrons. The van der Waals surface area contributed by atoms with Crippen molar-refractivity contribution in [3.63, 3.8) is 0 Å². The molecule has 0 spiro atoms. The lowest BCUT2D eigenvalue weighted by molar-refractivity contribution is -0.151. The number of esters is 2. The van der Waals surface area contributed by atoms with E-state index in [1.165, 1.54) is 54.4 Å². The highest BCUT2D eigenvalue weighted by atomic mass is 16.5. The number of rotatable bonds is 14. The summed E-state index contributed by atoms with van der Waals surface area (Å²) < 4.78 is 34.4. The van der Waals surface area contributed by atoms with Crippen LogP contribution in [0.5, 0.6) is 23.0 Å². The zero-order valence-electron chi connectivity index (χ0n) is 30.3. The molecule has 0 radical (unpaired) electrons. The molecule has 3 aromatic rings. The van der Waals surface area contributed by atoms with Crippen molar-refractivity contribution < 1.29 is 68.3 Å². The molecule has 0 aromatic heterocycles. The first-order valence-electron chi connectivity index (χ1n) is 16.8. The molecule has 52 heavy (non-hydrogen) atoms. The molecule has 2 aliphatic rings. The van der Waals surface area contributed by atoms with Crippen LogP contribution >= 0.6 is 0 Å². The van der Waals surface area contributed by atoms with Gasteiger partial charge in [0.05, 0.1) is 59.1 Å². The van der Waals surface area contributed by atoms with Crippen molar-refractivity contribution in [1.29, 1.82) is 0 Å². The molecule has 0 heterocycles. The highest BCUT2D eigenvalue weighted by Gasteiger charge is 2.40. The number of hydrogen-bond acceptors (Lipinski definition) is 14. The standard InChI is InChI=1S/C38H44O14/c1-15(39)9-25(43)51-17(3)11-19-27-28-20(12-18(4)52-26(44)10-16(2)40)38(50-8)36(46)30-22(42)14-24(48-6)32(34(28)30)31-23(47-5)13-21(41)29(33(27)31)35(45)37(19)49-7/h13-18,21,39-41,45-46H,9-12H2,1-8H3. The van der Waals surface area contributed by atoms with E-state index >= 15 is 0 Å². The summed E-state index contributed by atoms with van der Waals surface area (Å²) in [6.07, 6.45) is -3.13. The van der Waals surface area contributed by atoms with Gasteiger partial charge in [0.1, 0.15) is 29.8 Å². The van der Waals surface area contributed by atoms with Crippen LogP contribution in [0.3, 0.4) is 0 Å². The summed E-state index contributed by atoms with van der Waals surface area (Å²) in [5.74, 6) is -2.70. The average molecular weight is 725 g/mol. The molecule has 3 aromatic carbocycles. The molecule has 0 saturated carbocycles. The second-order valence-corrected chi connectivity index (χ2v) is 13.1. The zero-order chi connectivity index (χ0) is 38.3. The lowest BCUT2D eigenvalue weighted by Gasteiger charge is -2.32. The van der Waals surface area contributed by atoms with E-state index in [2.05, 4.69) is 0 Å². The fourth-order valence-electron chi connectivity index (χ4n) is 7.30. The molecule has 2 aliphatic carbocycles. The van der Waals surface area contributed by atoms with Gasteiger partial charge in [-0.2, -0.15) is 0 Å². The fraction of sp³-hybridized carbons (Fsp3) is 0.447. The Bertz CT molecular complexity index is 2020. The van der Waals surface area contributed by atoms with Gasteiger partial charge in [0.2, 0.25) is 0 Å². The van der Waals surface area contributed by atoms with Crippen LogP contribution in [0.4, 0.5) is 0 Å². The van der Waals surface area contributed by atoms with E-state index < -0.39 is 59.7 Å². The van der Waals surface area contributed by atoms with Crippen molar-refractivity contribution in [3.05, 3.63) is 45.5 Å². The maximum Gasteiger partial charge on any atom is 0.308 e. The summed E-state index contributed by atoms with van der Waals surface area (Å²) in [4.78, 5) is 39.2. The van der Waals surface area contributed by atoms with Crippen LogP contribution in [-0.2, 0) is 41.4 Å². The molecule has 14 heteroatoms. The van der Waals surface area contributed by atoms with Crippen LogP contribution in [-0.4, -0.2) is 96.1 Å². The number of carbonyl (C=O) groups is 3. The summed E-state index contributed by atoms with van der Waals surface area (Å²) >= 11 is 0. The van der Waals surface area contributed by atoms with Gasteiger partial charge in [-0.05, 0) is 44.5 Å². The van der Waals surface area contributed by atoms with Gasteiger partial charge in [-0.25, -0.2) is 0 Å². The van der Waals surface area contributed by atoms with E-state index in [1.807, 2.05) is 0 Å². The molecule has 0 saturated heterocycles. The fourth-order valence-corrected chi connectivity index (χ4v) is 7.30. The van der Waals surface area contributed by atoms with Gasteiger partial charge < -0.3 is 54.0 Å². The number of phenols is 2. The van der Waals surface area contributed by atoms with Gasteiger partial charge >= 0.3 is 11.9 Å². The molecule has 5 rings (SSSR count). The number of carbonyl (C=O) groups excluding carboxylic acids is 3. The second kappa shape index (κ2) is 14.9. The largest absolute Gasteiger partial charge is 0.504 e. The van der Waals surface area contributed by atoms with Crippen LogP contribution in [0.1, 0.15) is 84.8 Å². The second-order valence-electron chi connectivity index (χ2n) is 13.1. The van der Waals surface area contributed by atoms with E-state index in [-0.39, 0.29) is 70.8 Å². The van der Waals surface area contributed by atoms with E-state index in [1.54, 1.807) is 13.8 Å². The lowest BCUT2D eigenvalue weighted by Crippen LogP contribution is -2.22. The summed E-state index contributed by atoms with van der Waals surface area (Å²) in [5.41, 5.74) is 1.15. The number of aromatic hydroxyl groups is 2. The summed E-state index contributed by atoms with van der Waals surface area (Å²) in [5, 5.41) is 55.9. The third-order valence-corrected chi connectivity index (χ3v) is 9.12. The summed E-state index contributed by atoms with van der Waals surface area (Å²) in [7, 11) is 5.40. The molecule has 0 bridgehead atoms. The van der Waals surface area contributed by atoms with Crippen molar-refractivity contribution in [1.82, 2.24) is 0 Å². The molecular weight excluding hydrogens is 680 g/mol. The molecule has 0 fully saturated rings. The third-order valence-electron chi connectivity index (χ3n) is 9.12. The molecule has 5 N–H and O–H groups in total. The predicted octanol–water partition coefficient (Wildman–Crippen LogP) is 4.13. The number of methoxy groups -OCH3 is 4. The first-order valence-corrected chi connectivity index (χ1v) is 16.8. The minimum atomic E-state index is -1.42. The Morgan fingerprint density at radius 1 is 0.673 bits per heavy atom. The van der Waals surface area contributed by atoms with E-state index in [0.29, 0.717) is 32.8 Å². The number of hydrogen-bond donors (Lipinski definition) is 5. The Morgan fingerprint density at radius 2 is 1.13 bits per heavy atom. The van der Waals surface area contributed by atoms with Crippen LogP contribution < -0.4 is 9.47 Å². The third kappa shape index (κ3) is 6.57. The van der Waals surface area contributed by atoms with Gasteiger partial charge in [-0.3, -0.25) is 14.4 Å². The number of aliphatic hydroxyl groups excluding tert-OH is 3. The van der Waals surface area contributed by atoms with Gasteiger partial charge in [0.25, 0.3) is 0 Å². The number of ketones is 1. The Labute approximate surface area is 299 Å². The van der Waals surface area contributed by atoms with Gasteiger partial charge in [-0.1, -0.05) is 0 Å². The molecular formula is C38H44O14. The minimum Gasteiger partial charge on any atom is -0.504 e. The minimum absolute atomic E-state index is 0.0478. The summed E-state index contributed by atoms with van der Waals surface area (Å²) in [6, 6.07) is 0. The van der Waals surface area contributed by atoms with Crippen LogP contribution in [0.25, 0.3) is 33.1 Å². The number of benzene rings is 3. The van der Waals surface area contributed by atoms with Gasteiger partial charge in [0.15, 0.2) is 28.8 Å². The molecule has 0 aliphatic heterocycles. The summed E-state index contributed by atoms with van der Waals surface area (Å²) in [6.45, 7) is 6.14. The number of ether oxygens (including phenoxy) is 6. The first-order chi connectivity index (χ1) is 24.6. The first kappa shape index (κ1) is 38.2. The number of allylic oxidation sites excluding steroid dienone is 1. The van der Waals surface area contributed by atoms with Crippen molar-refractivity contribution in [2.45, 2.75) is 83.9 Å². The molecule has 14 nitrogen and oxygen atoms in total. The Kier molecular flexibility index (Phi) is 10.9. The maximum absolute atomic E-state index is 13.9. The Balaban J connectivity index is 2.02. The van der Waals surface area contributed by atoms with E-state index in [0.717, 1.165) is 0 Å². The van der Waals surface area contributed by atoms with Crippen molar-refractivity contribution in [2.24, 2.45) is 0 Å². The van der Waals surface area contributed by atoms with Gasteiger partial charge in [0, 0.05) is 57.5 Å². The normalized spacial score (nSPS) is 17.1. The number of fused-ring (bicyclic) bond motifs is 2. The molecule has 0 amide bonds. The average Bonchev–Trinajstić information content (AvgIpc) is 3.04. The van der Waals surface area contributed by atoms with Crippen molar-refractivity contribution >= 4 is 50.8 Å². The number of phenolic OH excluding ortho intramolecular Hbond substituents is 2. The quantitative estimate of drug-likeness (QED) is 0.117. The molecule has 5 atom stereocenters. The van der Waals surface area contributed by atoms with Crippen LogP contribution in [0.2, 0.25) is 0 Å². The molecule has 5 unspecified atom stereocenters. The Hall–Kier alpha value is -5.05. The van der Waals surface area contributed by atoms with Crippen molar-refractivity contribution in [2.75, 3.05) is 28.4 Å². The highest BCUT2D eigenvalue weighted by molar-refractivity contribution is 6.31. The maximum atomic E-state index is 13.9. The van der Waals surface area contributed by atoms with E-state index in [9.17, 15) is 39.9 Å². The van der Waals surface area contributed by atoms with E-state index in [4.69, 9.17) is 28.4 Å². The number of aliphatic hydroxyl groups is 3. The van der Waals surface area contributed by atoms with Crippen molar-refractivity contribution in [3.8, 4) is 23.0 Å². The monoisotopic (exact) mass is 724 g/mol. The SMILES string of the molecule is COC1=CC(=O)c2c(O)c(OC)c(CC(C)OC(=O)CC(C)O)c3c2c1c1c2c(c(O)c(OC)c(CC(C)OC(=O)CC(C)O)c23)C(O)C=C1OC. The smallest absolute Gasteiger partial charge is 0.308 e. The van der Waals surface area contributed by atoms with Gasteiger partial charge in [-0.15, -0.1) is 0 Å². The van der Waals surface area contributed by atoms with Crippen LogP contribution in [0.15, 0.2) is 12.2 Å². The predicted molar refractivity (Wildman–Crippen MR) is 188 cm³/mol. The highest BCUT2D eigenvalue weighted by Crippen LogP contribution is 2.58.